The summed E-state index contributed by atoms with van der Waals surface area (Å²) in [6, 6.07) is 0.108. The zero-order valence-corrected chi connectivity index (χ0v) is 28.2. The monoisotopic (exact) mass is 691 g/mol. The van der Waals surface area contributed by atoms with Crippen molar-refractivity contribution in [1.29, 1.82) is 0 Å². The topological polar surface area (TPSA) is 234 Å². The molecule has 2 heterocycles. The van der Waals surface area contributed by atoms with Crippen LogP contribution in [0.25, 0.3) is 0 Å². The van der Waals surface area contributed by atoms with E-state index in [4.69, 9.17) is 16.6 Å². The first-order chi connectivity index (χ1) is 21.0. The molecule has 2 amide bonds. The fourth-order valence-electron chi connectivity index (χ4n) is 4.76. The summed E-state index contributed by atoms with van der Waals surface area (Å²) in [4.78, 5) is 59.0. The van der Waals surface area contributed by atoms with E-state index in [1.54, 1.807) is 13.4 Å². The molecule has 1 aromatic heterocycles. The number of nitrogens with zero attached hydrogens (tertiary/aromatic N) is 3. The van der Waals surface area contributed by atoms with E-state index < -0.39 is 45.2 Å². The van der Waals surface area contributed by atoms with Gasteiger partial charge >= 0.3 is 7.82 Å². The second kappa shape index (κ2) is 16.0. The second-order valence-corrected chi connectivity index (χ2v) is 15.6. The molecule has 0 spiro atoms. The van der Waals surface area contributed by atoms with Crippen molar-refractivity contribution in [1.82, 2.24) is 25.9 Å². The number of carbonyl (C=O) groups is 3. The van der Waals surface area contributed by atoms with Gasteiger partial charge in [-0.15, -0.1) is 0 Å². The number of aromatic amines is 1. The number of aromatic nitrogens is 2. The molecule has 5 atom stereocenters. The lowest BCUT2D eigenvalue weighted by atomic mass is 9.87. The highest BCUT2D eigenvalue weighted by Crippen LogP contribution is 2.61. The lowest BCUT2D eigenvalue weighted by Crippen LogP contribution is -2.48. The summed E-state index contributed by atoms with van der Waals surface area (Å²) in [5, 5.41) is 18.4. The predicted molar refractivity (Wildman–Crippen MR) is 168 cm³/mol. The second-order valence-electron chi connectivity index (χ2n) is 11.3. The number of amidine groups is 1. The van der Waals surface area contributed by atoms with Gasteiger partial charge in [-0.1, -0.05) is 25.6 Å². The van der Waals surface area contributed by atoms with Crippen LogP contribution in [-0.4, -0.2) is 102 Å². The Balaban J connectivity index is 1.41. The van der Waals surface area contributed by atoms with Crippen LogP contribution < -0.4 is 20.9 Å². The van der Waals surface area contributed by atoms with Crippen LogP contribution in [0, 0.1) is 11.3 Å². The zero-order chi connectivity index (χ0) is 33.4. The van der Waals surface area contributed by atoms with Gasteiger partial charge in [0.05, 0.1) is 32.1 Å². The SMILES string of the molecule is [B]P(=O)(OCC1CCC(N2CNC(=NC)c3[nH]cnc32)C1)OP(=O)(O)OCC(C)(C)C(O)C(=O)NCCC(=O)NCSC(C)=O. The van der Waals surface area contributed by atoms with E-state index >= 15 is 0 Å². The van der Waals surface area contributed by atoms with E-state index in [0.29, 0.717) is 18.9 Å². The van der Waals surface area contributed by atoms with Crippen molar-refractivity contribution < 1.29 is 46.9 Å². The van der Waals surface area contributed by atoms with Crippen molar-refractivity contribution in [3.8, 4) is 0 Å². The average molecular weight is 691 g/mol. The summed E-state index contributed by atoms with van der Waals surface area (Å²) in [5.74, 6) is 0.273. The van der Waals surface area contributed by atoms with E-state index in [0.717, 1.165) is 36.1 Å². The maximum absolute atomic E-state index is 12.7. The smallest absolute Gasteiger partial charge is 0.383 e. The highest BCUT2D eigenvalue weighted by atomic mass is 32.2. The van der Waals surface area contributed by atoms with Crippen molar-refractivity contribution >= 4 is 63.2 Å². The number of hydrogen-bond donors (Lipinski definition) is 6. The molecule has 1 aliphatic carbocycles. The Morgan fingerprint density at radius 2 is 2.02 bits per heavy atom. The largest absolute Gasteiger partial charge is 0.478 e. The fraction of sp³-hybridized carbons (Fsp3) is 0.708. The van der Waals surface area contributed by atoms with E-state index in [1.807, 2.05) is 0 Å². The van der Waals surface area contributed by atoms with Gasteiger partial charge < -0.3 is 40.4 Å². The minimum absolute atomic E-state index is 0.0591. The van der Waals surface area contributed by atoms with E-state index in [1.165, 1.54) is 20.8 Å². The van der Waals surface area contributed by atoms with Gasteiger partial charge in [-0.05, 0) is 25.2 Å². The molecule has 1 fully saturated rings. The van der Waals surface area contributed by atoms with E-state index in [2.05, 4.69) is 40.1 Å². The van der Waals surface area contributed by atoms with E-state index in [-0.39, 0.29) is 42.5 Å². The van der Waals surface area contributed by atoms with Crippen LogP contribution in [0.5, 0.6) is 0 Å². The third kappa shape index (κ3) is 11.2. The molecule has 2 radical (unpaired) electrons. The average Bonchev–Trinajstić information content (AvgIpc) is 3.64. The quantitative estimate of drug-likeness (QED) is 0.0807. The standard InChI is InChI=1S/C24H40BN7O10P2S/c1-15(33)45-14-31-18(34)7-8-27-23(36)20(35)24(2,3)11-41-44(38,39)42-43(25,37)40-10-16-5-6-17(9-16)32-13-30-21(26-4)19-22(32)29-12-28-19/h12,16-17,20,35H,5-11,13-14H2,1-4H3,(H,26,30)(H,27,36)(H,28,29)(H,31,34)(H,38,39). The summed E-state index contributed by atoms with van der Waals surface area (Å²) in [6.07, 6.45) is 1.98. The third-order valence-electron chi connectivity index (χ3n) is 7.21. The van der Waals surface area contributed by atoms with Crippen molar-refractivity contribution in [2.45, 2.75) is 58.6 Å². The number of thioether (sulfide) groups is 1. The molecule has 17 nitrogen and oxygen atoms in total. The highest BCUT2D eigenvalue weighted by Gasteiger charge is 2.40. The number of carbonyl (C=O) groups excluding carboxylic acids is 3. The summed E-state index contributed by atoms with van der Waals surface area (Å²) in [5.41, 5.74) is -0.619. The Labute approximate surface area is 266 Å². The lowest BCUT2D eigenvalue weighted by molar-refractivity contribution is -0.137. The van der Waals surface area contributed by atoms with Gasteiger partial charge in [-0.2, -0.15) is 0 Å². The van der Waals surface area contributed by atoms with Crippen LogP contribution in [0.4, 0.5) is 5.82 Å². The number of nitrogens with one attached hydrogen (secondary N) is 4. The Morgan fingerprint density at radius 3 is 2.71 bits per heavy atom. The van der Waals surface area contributed by atoms with Gasteiger partial charge in [0.25, 0.3) is 7.47 Å². The number of amides is 2. The van der Waals surface area contributed by atoms with E-state index in [9.17, 15) is 33.5 Å². The Kier molecular flexibility index (Phi) is 13.3. The summed E-state index contributed by atoms with van der Waals surface area (Å²) in [6.45, 7) is 3.80. The minimum atomic E-state index is -5.04. The normalized spacial score (nSPS) is 22.5. The van der Waals surface area contributed by atoms with Crippen LogP contribution in [0.1, 0.15) is 52.1 Å². The molecule has 5 unspecified atom stereocenters. The number of aliphatic hydroxyl groups is 1. The summed E-state index contributed by atoms with van der Waals surface area (Å²) >= 11 is 0.922. The number of aliphatic imine (C=N–C) groups is 1. The van der Waals surface area contributed by atoms with Gasteiger partial charge in [0.15, 0.2) is 10.9 Å². The molecule has 250 valence electrons. The van der Waals surface area contributed by atoms with Gasteiger partial charge in [-0.3, -0.25) is 28.5 Å². The first-order valence-electron chi connectivity index (χ1n) is 14.1. The first-order valence-corrected chi connectivity index (χ1v) is 18.2. The molecule has 0 bridgehead atoms. The lowest BCUT2D eigenvalue weighted by Gasteiger charge is -2.34. The molecule has 6 N–H and O–H groups in total. The van der Waals surface area contributed by atoms with Crippen LogP contribution >= 0.6 is 27.1 Å². The van der Waals surface area contributed by atoms with Gasteiger partial charge in [0.1, 0.15) is 17.6 Å². The summed E-state index contributed by atoms with van der Waals surface area (Å²) in [7, 11) is -2.29. The molecule has 1 saturated carbocycles. The number of anilines is 1. The van der Waals surface area contributed by atoms with Crippen molar-refractivity contribution in [3.63, 3.8) is 0 Å². The number of phosphoric acid groups is 1. The molecule has 3 rings (SSSR count). The molecule has 0 saturated heterocycles. The maximum Gasteiger partial charge on any atom is 0.478 e. The van der Waals surface area contributed by atoms with Gasteiger partial charge in [0, 0.05) is 38.4 Å². The molecule has 2 aliphatic rings. The predicted octanol–water partition coefficient (Wildman–Crippen LogP) is 0.996. The van der Waals surface area contributed by atoms with Crippen molar-refractivity contribution in [3.05, 3.63) is 12.0 Å². The van der Waals surface area contributed by atoms with Crippen LogP contribution in [-0.2, 0) is 36.9 Å². The van der Waals surface area contributed by atoms with Crippen LogP contribution in [0.3, 0.4) is 0 Å². The Morgan fingerprint density at radius 1 is 1.29 bits per heavy atom. The molecule has 45 heavy (non-hydrogen) atoms. The molecule has 21 heteroatoms. The van der Waals surface area contributed by atoms with Crippen LogP contribution in [0.15, 0.2) is 11.3 Å². The number of fused-ring (bicyclic) bond motifs is 1. The third-order valence-corrected chi connectivity index (χ3v) is 10.6. The Bertz CT molecular complexity index is 1350. The molecule has 0 aromatic carbocycles. The number of H-pyrrole nitrogens is 1. The van der Waals surface area contributed by atoms with Crippen molar-refractivity contribution in [2.75, 3.05) is 44.3 Å². The highest BCUT2D eigenvalue weighted by molar-refractivity contribution is 8.13. The summed E-state index contributed by atoms with van der Waals surface area (Å²) < 4.78 is 40.1. The number of rotatable bonds is 16. The first kappa shape index (κ1) is 37.2. The molecular weight excluding hydrogens is 651 g/mol. The molecule has 1 aromatic rings. The number of phosphoric ester groups is 1. The number of aliphatic hydroxyl groups excluding tert-OH is 1. The van der Waals surface area contributed by atoms with Crippen molar-refractivity contribution in [2.24, 2.45) is 16.3 Å². The number of hydrogen-bond acceptors (Lipinski definition) is 13. The van der Waals surface area contributed by atoms with Crippen LogP contribution in [0.2, 0.25) is 0 Å². The zero-order valence-electron chi connectivity index (χ0n) is 25.6. The minimum Gasteiger partial charge on any atom is -0.383 e. The van der Waals surface area contributed by atoms with Gasteiger partial charge in [0.2, 0.25) is 19.4 Å². The molecule has 1 aliphatic heterocycles. The fourth-order valence-corrected chi connectivity index (χ4v) is 7.64. The van der Waals surface area contributed by atoms with Gasteiger partial charge in [-0.25, -0.2) is 13.9 Å². The maximum atomic E-state index is 12.7. The molecular formula is C24H40BN7O10P2S. The number of imidazole rings is 1. The Hall–Kier alpha value is -2.24.